The van der Waals surface area contributed by atoms with Crippen molar-refractivity contribution in [3.05, 3.63) is 65.7 Å². The number of aliphatic hydroxyl groups is 1. The molecule has 0 radical (unpaired) electrons. The van der Waals surface area contributed by atoms with Crippen molar-refractivity contribution in [2.75, 3.05) is 7.11 Å². The molecule has 5 nitrogen and oxygen atoms in total. The molecule has 2 aromatic carbocycles. The molecule has 2 aromatic rings. The van der Waals surface area contributed by atoms with Gasteiger partial charge in [0, 0.05) is 0 Å². The van der Waals surface area contributed by atoms with Crippen LogP contribution in [0.25, 0.3) is 0 Å². The van der Waals surface area contributed by atoms with Crippen LogP contribution in [-0.2, 0) is 16.1 Å². The van der Waals surface area contributed by atoms with Crippen LogP contribution in [0.2, 0.25) is 0 Å². The monoisotopic (exact) mass is 433 g/mol. The summed E-state index contributed by atoms with van der Waals surface area (Å²) in [4.78, 5) is 16.8. The number of hydrogen-bond acceptors (Lipinski definition) is 5. The molecule has 142 valence electrons. The standard InChI is InChI=1S/C21H23NO4Se/c1-21(24)13-18(16-8-10-17(25-2)11-9-16)27-19(22-21)12-20(23)26-14-15-6-4-3-5-7-15/h3-11,18,24H,12-14H2,1-2H3. The number of carbonyl (C=O) groups excluding carboxylic acids is 1. The van der Waals surface area contributed by atoms with E-state index in [0.717, 1.165) is 21.5 Å². The Morgan fingerprint density at radius 3 is 2.59 bits per heavy atom. The Morgan fingerprint density at radius 2 is 1.93 bits per heavy atom. The Morgan fingerprint density at radius 1 is 1.22 bits per heavy atom. The summed E-state index contributed by atoms with van der Waals surface area (Å²) >= 11 is -0.0252. The van der Waals surface area contributed by atoms with Crippen molar-refractivity contribution in [1.82, 2.24) is 0 Å². The van der Waals surface area contributed by atoms with E-state index < -0.39 is 5.72 Å². The van der Waals surface area contributed by atoms with Crippen LogP contribution < -0.4 is 4.74 Å². The van der Waals surface area contributed by atoms with Gasteiger partial charge in [-0.3, -0.25) is 0 Å². The van der Waals surface area contributed by atoms with Crippen LogP contribution in [0.4, 0.5) is 0 Å². The van der Waals surface area contributed by atoms with Crippen LogP contribution in [0.5, 0.6) is 5.75 Å². The molecule has 0 spiro atoms. The third-order valence-corrected chi connectivity index (χ3v) is 6.82. The third kappa shape index (κ3) is 5.67. The van der Waals surface area contributed by atoms with Crippen molar-refractivity contribution in [3.8, 4) is 5.75 Å². The molecule has 0 aromatic heterocycles. The Kier molecular flexibility index (Phi) is 6.32. The van der Waals surface area contributed by atoms with Gasteiger partial charge in [0.15, 0.2) is 0 Å². The van der Waals surface area contributed by atoms with Crippen molar-refractivity contribution in [3.63, 3.8) is 0 Å². The van der Waals surface area contributed by atoms with Crippen LogP contribution in [0.15, 0.2) is 59.6 Å². The summed E-state index contributed by atoms with van der Waals surface area (Å²) in [6.45, 7) is 1.94. The van der Waals surface area contributed by atoms with Crippen LogP contribution in [0.1, 0.15) is 35.7 Å². The average molecular weight is 432 g/mol. The number of rotatable bonds is 6. The fourth-order valence-corrected chi connectivity index (χ4v) is 5.98. The molecule has 0 amide bonds. The maximum absolute atomic E-state index is 12.2. The second-order valence-corrected chi connectivity index (χ2v) is 9.31. The molecule has 0 bridgehead atoms. The van der Waals surface area contributed by atoms with Crippen molar-refractivity contribution < 1.29 is 19.4 Å². The van der Waals surface area contributed by atoms with Crippen LogP contribution >= 0.6 is 0 Å². The molecular weight excluding hydrogens is 409 g/mol. The zero-order valence-corrected chi connectivity index (χ0v) is 17.1. The van der Waals surface area contributed by atoms with Crippen molar-refractivity contribution in [2.24, 2.45) is 4.99 Å². The zero-order valence-electron chi connectivity index (χ0n) is 15.4. The summed E-state index contributed by atoms with van der Waals surface area (Å²) in [6.07, 6.45) is 0.664. The number of carbonyl (C=O) groups is 1. The summed E-state index contributed by atoms with van der Waals surface area (Å²) in [6, 6.07) is 17.4. The van der Waals surface area contributed by atoms with Crippen molar-refractivity contribution >= 4 is 25.5 Å². The maximum atomic E-state index is 12.2. The van der Waals surface area contributed by atoms with Crippen molar-refractivity contribution in [2.45, 2.75) is 36.9 Å². The molecule has 0 saturated heterocycles. The van der Waals surface area contributed by atoms with Crippen molar-refractivity contribution in [1.29, 1.82) is 0 Å². The van der Waals surface area contributed by atoms with Gasteiger partial charge < -0.3 is 0 Å². The van der Waals surface area contributed by atoms with Gasteiger partial charge in [0.25, 0.3) is 0 Å². The molecule has 1 aliphatic heterocycles. The number of methoxy groups -OCH3 is 1. The van der Waals surface area contributed by atoms with E-state index in [9.17, 15) is 9.90 Å². The Hall–Kier alpha value is -2.14. The van der Waals surface area contributed by atoms with E-state index >= 15 is 0 Å². The zero-order chi connectivity index (χ0) is 19.3. The molecule has 2 atom stereocenters. The third-order valence-electron chi connectivity index (χ3n) is 4.24. The SMILES string of the molecule is COc1ccc(C2CC(C)(O)N=C(CC(=O)OCc3ccccc3)[Se]2)cc1. The summed E-state index contributed by atoms with van der Waals surface area (Å²) in [5.74, 6) is 0.484. The quantitative estimate of drug-likeness (QED) is 0.563. The van der Waals surface area contributed by atoms with Gasteiger partial charge in [0.1, 0.15) is 0 Å². The number of aliphatic imine (C=N–C) groups is 1. The molecule has 0 aliphatic carbocycles. The van der Waals surface area contributed by atoms with E-state index in [1.165, 1.54) is 0 Å². The van der Waals surface area contributed by atoms with Gasteiger partial charge in [0.05, 0.1) is 0 Å². The summed E-state index contributed by atoms with van der Waals surface area (Å²) in [5.41, 5.74) is 0.908. The van der Waals surface area contributed by atoms with Gasteiger partial charge in [-0.15, -0.1) is 0 Å². The van der Waals surface area contributed by atoms with E-state index in [1.54, 1.807) is 14.0 Å². The number of esters is 1. The fourth-order valence-electron chi connectivity index (χ4n) is 2.90. The normalized spacial score (nSPS) is 22.0. The Balaban J connectivity index is 1.63. The predicted molar refractivity (Wildman–Crippen MR) is 105 cm³/mol. The number of benzene rings is 2. The summed E-state index contributed by atoms with van der Waals surface area (Å²) in [5, 5.41) is 10.5. The molecule has 1 aliphatic rings. The molecule has 1 heterocycles. The van der Waals surface area contributed by atoms with Gasteiger partial charge >= 0.3 is 165 Å². The first-order chi connectivity index (χ1) is 12.9. The topological polar surface area (TPSA) is 68.1 Å². The van der Waals surface area contributed by atoms with E-state index in [1.807, 2.05) is 54.6 Å². The first-order valence-electron chi connectivity index (χ1n) is 8.76. The molecule has 0 fully saturated rings. The minimum atomic E-state index is -1.17. The minimum absolute atomic E-state index is 0.0252. The van der Waals surface area contributed by atoms with Crippen LogP contribution in [-0.4, -0.2) is 43.5 Å². The molecule has 3 rings (SSSR count). The molecule has 0 saturated carbocycles. The van der Waals surface area contributed by atoms with E-state index in [4.69, 9.17) is 9.47 Å². The molecule has 27 heavy (non-hydrogen) atoms. The Bertz CT molecular complexity index is 803. The predicted octanol–water partition coefficient (Wildman–Crippen LogP) is 3.08. The van der Waals surface area contributed by atoms with E-state index in [-0.39, 0.29) is 38.8 Å². The molecular formula is C21H23NO4Se. The second kappa shape index (κ2) is 8.70. The fraction of sp³-hybridized carbons (Fsp3) is 0.333. The van der Waals surface area contributed by atoms with Gasteiger partial charge in [-0.25, -0.2) is 0 Å². The summed E-state index contributed by atoms with van der Waals surface area (Å²) < 4.78 is 11.3. The molecule has 2 unspecified atom stereocenters. The van der Waals surface area contributed by atoms with E-state index in [0.29, 0.717) is 6.42 Å². The average Bonchev–Trinajstić information content (AvgIpc) is 2.66. The first kappa shape index (κ1) is 19.6. The van der Waals surface area contributed by atoms with Crippen LogP contribution in [0, 0.1) is 0 Å². The second-order valence-electron chi connectivity index (χ2n) is 6.63. The molecule has 6 heteroatoms. The van der Waals surface area contributed by atoms with Gasteiger partial charge in [0.2, 0.25) is 0 Å². The first-order valence-corrected chi connectivity index (χ1v) is 10.6. The number of ether oxygens (including phenoxy) is 2. The Labute approximate surface area is 165 Å². The van der Waals surface area contributed by atoms with Gasteiger partial charge in [-0.1, -0.05) is 0 Å². The van der Waals surface area contributed by atoms with Gasteiger partial charge in [-0.2, -0.15) is 0 Å². The number of hydrogen-bond donors (Lipinski definition) is 1. The van der Waals surface area contributed by atoms with Crippen LogP contribution in [0.3, 0.4) is 0 Å². The molecule has 1 N–H and O–H groups in total. The summed E-state index contributed by atoms with van der Waals surface area (Å²) in [7, 11) is 1.64. The van der Waals surface area contributed by atoms with E-state index in [2.05, 4.69) is 4.99 Å². The van der Waals surface area contributed by atoms with Gasteiger partial charge in [-0.05, 0) is 0 Å². The number of nitrogens with zero attached hydrogens (tertiary/aromatic N) is 1.